The van der Waals surface area contributed by atoms with Crippen LogP contribution in [0.4, 0.5) is 26.4 Å². The summed E-state index contributed by atoms with van der Waals surface area (Å²) in [5.41, 5.74) is 11.2. The summed E-state index contributed by atoms with van der Waals surface area (Å²) in [6.45, 7) is 0. The topological polar surface area (TPSA) is 123 Å². The van der Waals surface area contributed by atoms with E-state index in [1.54, 1.807) is 0 Å². The maximum absolute atomic E-state index is 13.6. The number of hydrogen-bond donors (Lipinski definition) is 4. The fourth-order valence-corrected chi connectivity index (χ4v) is 1.46. The van der Waals surface area contributed by atoms with Crippen LogP contribution in [-0.4, -0.2) is 16.2 Å². The first-order chi connectivity index (χ1) is 9.47. The van der Waals surface area contributed by atoms with Gasteiger partial charge < -0.3 is 21.3 Å². The molecule has 8 heteroatoms. The van der Waals surface area contributed by atoms with Gasteiger partial charge in [0.2, 0.25) is 0 Å². The third-order valence-corrected chi connectivity index (χ3v) is 2.39. The number of anilines is 3. The predicted octanol–water partition coefficient (Wildman–Crippen LogP) is 2.27. The van der Waals surface area contributed by atoms with Crippen LogP contribution in [-0.2, 0) is 0 Å². The lowest BCUT2D eigenvalue weighted by Crippen LogP contribution is -2.08. The number of nitrogen functional groups attached to an aromatic ring is 2. The van der Waals surface area contributed by atoms with Crippen LogP contribution in [0.25, 0.3) is 0 Å². The number of amides is 1. The molecule has 1 aromatic carbocycles. The van der Waals surface area contributed by atoms with E-state index in [1.807, 2.05) is 5.32 Å². The van der Waals surface area contributed by atoms with Crippen molar-refractivity contribution in [3.05, 3.63) is 36.3 Å². The number of nitrogens with zero attached hydrogens (tertiary/aromatic N) is 1. The van der Waals surface area contributed by atoms with Gasteiger partial charge in [-0.3, -0.25) is 5.32 Å². The highest BCUT2D eigenvalue weighted by Crippen LogP contribution is 2.31. The molecule has 1 amide bonds. The molecule has 0 fully saturated rings. The molecule has 0 aliphatic carbocycles. The van der Waals surface area contributed by atoms with Crippen LogP contribution >= 0.6 is 0 Å². The van der Waals surface area contributed by atoms with Crippen molar-refractivity contribution in [3.8, 4) is 11.5 Å². The van der Waals surface area contributed by atoms with E-state index >= 15 is 0 Å². The highest BCUT2D eigenvalue weighted by Gasteiger charge is 2.10. The summed E-state index contributed by atoms with van der Waals surface area (Å²) in [5.74, 6) is -0.288. The molecule has 0 saturated carbocycles. The Bertz CT molecular complexity index is 663. The summed E-state index contributed by atoms with van der Waals surface area (Å²) in [7, 11) is 0. The molecule has 0 atom stereocenters. The first-order valence-electron chi connectivity index (χ1n) is 5.44. The fraction of sp³-hybridized carbons (Fsp3) is 0. The number of benzene rings is 1. The number of nitrogens with two attached hydrogens (primary N) is 2. The molecule has 6 N–H and O–H groups in total. The van der Waals surface area contributed by atoms with Crippen molar-refractivity contribution in [2.75, 3.05) is 16.8 Å². The number of pyridine rings is 1. The van der Waals surface area contributed by atoms with E-state index in [1.165, 1.54) is 24.4 Å². The number of rotatable bonds is 3. The first-order valence-corrected chi connectivity index (χ1v) is 5.44. The fourth-order valence-electron chi connectivity index (χ4n) is 1.46. The van der Waals surface area contributed by atoms with Crippen molar-refractivity contribution in [3.63, 3.8) is 0 Å². The molecule has 0 bridgehead atoms. The van der Waals surface area contributed by atoms with Crippen molar-refractivity contribution >= 4 is 23.3 Å². The monoisotopic (exact) mass is 278 g/mol. The highest BCUT2D eigenvalue weighted by atomic mass is 19.1. The molecule has 0 radical (unpaired) electrons. The van der Waals surface area contributed by atoms with Crippen LogP contribution in [0.1, 0.15) is 0 Å². The molecule has 1 aromatic heterocycles. The molecule has 1 heterocycles. The average molecular weight is 278 g/mol. The van der Waals surface area contributed by atoms with Crippen LogP contribution in [0.2, 0.25) is 0 Å². The van der Waals surface area contributed by atoms with Crippen molar-refractivity contribution in [1.29, 1.82) is 0 Å². The Morgan fingerprint density at radius 2 is 2.10 bits per heavy atom. The van der Waals surface area contributed by atoms with Crippen molar-refractivity contribution in [2.24, 2.45) is 0 Å². The molecule has 0 aliphatic heterocycles. The molecule has 0 unspecified atom stereocenters. The normalized spacial score (nSPS) is 10.1. The zero-order valence-electron chi connectivity index (χ0n) is 10.1. The minimum atomic E-state index is -1.36. The van der Waals surface area contributed by atoms with E-state index in [9.17, 15) is 9.18 Å². The van der Waals surface area contributed by atoms with Gasteiger partial charge >= 0.3 is 6.09 Å². The van der Waals surface area contributed by atoms with E-state index in [2.05, 4.69) is 4.98 Å². The molecule has 2 rings (SSSR count). The molecule has 7 nitrogen and oxygen atoms in total. The molecular formula is C12H11FN4O3. The maximum Gasteiger partial charge on any atom is 0.409 e. The Labute approximate surface area is 113 Å². The zero-order chi connectivity index (χ0) is 14.7. The number of carboxylic acid groups (broad SMARTS) is 1. The Balaban J connectivity index is 2.24. The smallest absolute Gasteiger partial charge is 0.409 e. The molecule has 0 spiro atoms. The van der Waals surface area contributed by atoms with Gasteiger partial charge in [0.05, 0.1) is 5.69 Å². The van der Waals surface area contributed by atoms with E-state index in [0.717, 1.165) is 6.07 Å². The minimum absolute atomic E-state index is 0.104. The first kappa shape index (κ1) is 13.4. The minimum Gasteiger partial charge on any atom is -0.465 e. The van der Waals surface area contributed by atoms with E-state index in [4.69, 9.17) is 21.3 Å². The molecule has 20 heavy (non-hydrogen) atoms. The van der Waals surface area contributed by atoms with E-state index in [-0.39, 0.29) is 28.7 Å². The lowest BCUT2D eigenvalue weighted by atomic mass is 10.3. The third kappa shape index (κ3) is 2.86. The van der Waals surface area contributed by atoms with Crippen molar-refractivity contribution in [2.45, 2.75) is 0 Å². The molecule has 0 aliphatic rings. The molecule has 0 saturated heterocycles. The van der Waals surface area contributed by atoms with Crippen LogP contribution < -0.4 is 21.5 Å². The number of nitrogens with one attached hydrogen (secondary N) is 1. The van der Waals surface area contributed by atoms with Gasteiger partial charge in [0.15, 0.2) is 11.6 Å². The Hall–Kier alpha value is -3.03. The van der Waals surface area contributed by atoms with Gasteiger partial charge in [0, 0.05) is 18.3 Å². The zero-order valence-corrected chi connectivity index (χ0v) is 10.1. The summed E-state index contributed by atoms with van der Waals surface area (Å²) in [6.07, 6.45) is 0.0429. The van der Waals surface area contributed by atoms with E-state index in [0.29, 0.717) is 0 Å². The van der Waals surface area contributed by atoms with Gasteiger partial charge in [-0.15, -0.1) is 0 Å². The van der Waals surface area contributed by atoms with Crippen LogP contribution in [0.3, 0.4) is 0 Å². The number of carbonyl (C=O) groups is 1. The van der Waals surface area contributed by atoms with Gasteiger partial charge in [-0.2, -0.15) is 0 Å². The van der Waals surface area contributed by atoms with Crippen LogP contribution in [0.5, 0.6) is 11.5 Å². The third-order valence-electron chi connectivity index (χ3n) is 2.39. The number of hydrogen-bond acceptors (Lipinski definition) is 5. The highest BCUT2D eigenvalue weighted by molar-refractivity contribution is 5.83. The Morgan fingerprint density at radius 1 is 1.35 bits per heavy atom. The lowest BCUT2D eigenvalue weighted by Gasteiger charge is -2.10. The van der Waals surface area contributed by atoms with Crippen LogP contribution in [0.15, 0.2) is 30.5 Å². The lowest BCUT2D eigenvalue weighted by molar-refractivity contribution is 0.209. The molecule has 104 valence electrons. The number of halogens is 1. The SMILES string of the molecule is Nc1nccc(Oc2ccc(NC(=O)O)c(F)c2)c1N. The molecule has 2 aromatic rings. The van der Waals surface area contributed by atoms with Gasteiger partial charge in [-0.1, -0.05) is 0 Å². The predicted molar refractivity (Wildman–Crippen MR) is 71.2 cm³/mol. The maximum atomic E-state index is 13.6. The second-order valence-electron chi connectivity index (χ2n) is 3.78. The second kappa shape index (κ2) is 5.31. The largest absolute Gasteiger partial charge is 0.465 e. The van der Waals surface area contributed by atoms with Gasteiger partial charge in [0.25, 0.3) is 0 Å². The van der Waals surface area contributed by atoms with Crippen LogP contribution in [0, 0.1) is 5.82 Å². The Kier molecular flexibility index (Phi) is 3.56. The Morgan fingerprint density at radius 3 is 2.75 bits per heavy atom. The van der Waals surface area contributed by atoms with Gasteiger partial charge in [-0.05, 0) is 12.1 Å². The van der Waals surface area contributed by atoms with Gasteiger partial charge in [0.1, 0.15) is 17.3 Å². The summed E-state index contributed by atoms with van der Waals surface area (Å²) in [4.78, 5) is 14.2. The second-order valence-corrected chi connectivity index (χ2v) is 3.78. The molecular weight excluding hydrogens is 267 g/mol. The van der Waals surface area contributed by atoms with Crippen molar-refractivity contribution in [1.82, 2.24) is 4.98 Å². The summed E-state index contributed by atoms with van der Waals surface area (Å²) in [5, 5.41) is 10.4. The standard InChI is InChI=1S/C12H11FN4O3/c13-7-5-6(1-2-8(7)17-12(18)19)20-9-3-4-16-11(15)10(9)14/h1-5,17H,14H2,(H2,15,16)(H,18,19). The summed E-state index contributed by atoms with van der Waals surface area (Å²) < 4.78 is 19.0. The quantitative estimate of drug-likeness (QED) is 0.682. The summed E-state index contributed by atoms with van der Waals surface area (Å²) in [6, 6.07) is 5.14. The average Bonchev–Trinajstić information content (AvgIpc) is 2.38. The van der Waals surface area contributed by atoms with E-state index < -0.39 is 11.9 Å². The van der Waals surface area contributed by atoms with Gasteiger partial charge in [-0.25, -0.2) is 14.2 Å². The van der Waals surface area contributed by atoms with Crippen molar-refractivity contribution < 1.29 is 19.0 Å². The number of aromatic nitrogens is 1. The number of ether oxygens (including phenoxy) is 1. The summed E-state index contributed by atoms with van der Waals surface area (Å²) >= 11 is 0.